The van der Waals surface area contributed by atoms with Gasteiger partial charge in [0.25, 0.3) is 0 Å². The summed E-state index contributed by atoms with van der Waals surface area (Å²) in [5.41, 5.74) is 6.96. The van der Waals surface area contributed by atoms with Gasteiger partial charge in [-0.1, -0.05) is 13.0 Å². The second kappa shape index (κ2) is 4.42. The second-order valence-corrected chi connectivity index (χ2v) is 3.12. The van der Waals surface area contributed by atoms with Gasteiger partial charge >= 0.3 is 6.18 Å². The van der Waals surface area contributed by atoms with Crippen molar-refractivity contribution in [2.24, 2.45) is 0 Å². The molecule has 0 unspecified atom stereocenters. The number of anilines is 1. The molecule has 0 atom stereocenters. The van der Waals surface area contributed by atoms with Gasteiger partial charge in [-0.2, -0.15) is 13.2 Å². The monoisotopic (exact) mass is 219 g/mol. The van der Waals surface area contributed by atoms with E-state index >= 15 is 0 Å². The molecule has 2 nitrogen and oxygen atoms in total. The van der Waals surface area contributed by atoms with Crippen LogP contribution in [0.3, 0.4) is 0 Å². The number of nitrogens with two attached hydrogens (primary N) is 1. The fraction of sp³-hybridized carbons (Fsp3) is 0.400. The topological polar surface area (TPSA) is 35.2 Å². The number of nitrogen functional groups attached to an aromatic ring is 1. The highest BCUT2D eigenvalue weighted by Crippen LogP contribution is 2.22. The fourth-order valence-corrected chi connectivity index (χ4v) is 1.15. The Hall–Kier alpha value is -1.39. The second-order valence-electron chi connectivity index (χ2n) is 3.12. The van der Waals surface area contributed by atoms with Gasteiger partial charge in [-0.05, 0) is 18.1 Å². The third-order valence-corrected chi connectivity index (χ3v) is 1.90. The number of aryl methyl sites for hydroxylation is 1. The van der Waals surface area contributed by atoms with Gasteiger partial charge in [0.1, 0.15) is 5.75 Å². The number of benzene rings is 1. The van der Waals surface area contributed by atoms with Crippen LogP contribution >= 0.6 is 0 Å². The van der Waals surface area contributed by atoms with E-state index in [9.17, 15) is 13.2 Å². The van der Waals surface area contributed by atoms with Crippen LogP contribution in [0.1, 0.15) is 12.5 Å². The molecule has 0 aliphatic carbocycles. The third kappa shape index (κ3) is 3.69. The average molecular weight is 219 g/mol. The standard InChI is InChI=1S/C10H12F3NO/c1-2-7-3-4-8(5-9(7)14)15-6-10(11,12)13/h3-5H,2,6,14H2,1H3. The van der Waals surface area contributed by atoms with E-state index in [4.69, 9.17) is 5.73 Å². The summed E-state index contributed by atoms with van der Waals surface area (Å²) in [7, 11) is 0. The van der Waals surface area contributed by atoms with Crippen molar-refractivity contribution in [1.82, 2.24) is 0 Å². The molecule has 84 valence electrons. The first kappa shape index (κ1) is 11.7. The number of halogens is 3. The van der Waals surface area contributed by atoms with Crippen LogP contribution in [0.4, 0.5) is 18.9 Å². The number of hydrogen-bond acceptors (Lipinski definition) is 2. The Balaban J connectivity index is 2.68. The van der Waals surface area contributed by atoms with Crippen molar-refractivity contribution in [2.75, 3.05) is 12.3 Å². The Morgan fingerprint density at radius 2 is 2.00 bits per heavy atom. The van der Waals surface area contributed by atoms with Gasteiger partial charge in [-0.15, -0.1) is 0 Å². The van der Waals surface area contributed by atoms with E-state index in [0.717, 1.165) is 12.0 Å². The molecule has 0 fully saturated rings. The first-order valence-corrected chi connectivity index (χ1v) is 4.50. The Kier molecular flexibility index (Phi) is 3.44. The number of rotatable bonds is 3. The zero-order valence-electron chi connectivity index (χ0n) is 8.27. The van der Waals surface area contributed by atoms with Crippen molar-refractivity contribution in [3.63, 3.8) is 0 Å². The predicted molar refractivity (Wildman–Crippen MR) is 51.8 cm³/mol. The highest BCUT2D eigenvalue weighted by atomic mass is 19.4. The minimum Gasteiger partial charge on any atom is -0.484 e. The van der Waals surface area contributed by atoms with E-state index in [1.54, 1.807) is 6.07 Å². The SMILES string of the molecule is CCc1ccc(OCC(F)(F)F)cc1N. The molecule has 0 aliphatic heterocycles. The summed E-state index contributed by atoms with van der Waals surface area (Å²) in [5.74, 6) is 0.141. The summed E-state index contributed by atoms with van der Waals surface area (Å²) in [6, 6.07) is 4.56. The largest absolute Gasteiger partial charge is 0.484 e. The lowest BCUT2D eigenvalue weighted by molar-refractivity contribution is -0.153. The van der Waals surface area contributed by atoms with E-state index in [0.29, 0.717) is 5.69 Å². The minimum atomic E-state index is -4.32. The summed E-state index contributed by atoms with van der Waals surface area (Å²) < 4.78 is 40.0. The maximum Gasteiger partial charge on any atom is 0.422 e. The van der Waals surface area contributed by atoms with Crippen molar-refractivity contribution in [3.05, 3.63) is 23.8 Å². The maximum atomic E-state index is 11.8. The van der Waals surface area contributed by atoms with E-state index in [1.807, 2.05) is 6.92 Å². The summed E-state index contributed by atoms with van der Waals surface area (Å²) in [6.07, 6.45) is -3.58. The molecule has 5 heteroatoms. The molecule has 0 saturated carbocycles. The molecule has 2 N–H and O–H groups in total. The van der Waals surface area contributed by atoms with E-state index in [2.05, 4.69) is 4.74 Å². The molecular formula is C10H12F3NO. The molecule has 0 aliphatic rings. The van der Waals surface area contributed by atoms with Gasteiger partial charge in [0.2, 0.25) is 0 Å². The van der Waals surface area contributed by atoms with E-state index in [-0.39, 0.29) is 5.75 Å². The molecule has 0 aromatic heterocycles. The molecule has 0 spiro atoms. The molecule has 1 aromatic carbocycles. The van der Waals surface area contributed by atoms with Crippen molar-refractivity contribution in [1.29, 1.82) is 0 Å². The highest BCUT2D eigenvalue weighted by Gasteiger charge is 2.28. The molecule has 1 rings (SSSR count). The normalized spacial score (nSPS) is 11.5. The Morgan fingerprint density at radius 3 is 2.47 bits per heavy atom. The summed E-state index contributed by atoms with van der Waals surface area (Å²) in [6.45, 7) is 0.625. The predicted octanol–water partition coefficient (Wildman–Crippen LogP) is 2.77. The molecule has 0 radical (unpaired) electrons. The summed E-state index contributed by atoms with van der Waals surface area (Å²) in [5, 5.41) is 0. The number of ether oxygens (including phenoxy) is 1. The minimum absolute atomic E-state index is 0.141. The van der Waals surface area contributed by atoms with Crippen LogP contribution in [0.15, 0.2) is 18.2 Å². The van der Waals surface area contributed by atoms with Crippen LogP contribution in [0.25, 0.3) is 0 Å². The Morgan fingerprint density at radius 1 is 1.33 bits per heavy atom. The van der Waals surface area contributed by atoms with Gasteiger partial charge in [0, 0.05) is 11.8 Å². The van der Waals surface area contributed by atoms with Crippen molar-refractivity contribution >= 4 is 5.69 Å². The van der Waals surface area contributed by atoms with Gasteiger partial charge < -0.3 is 10.5 Å². The fourth-order valence-electron chi connectivity index (χ4n) is 1.15. The third-order valence-electron chi connectivity index (χ3n) is 1.90. The molecule has 0 heterocycles. The lowest BCUT2D eigenvalue weighted by atomic mass is 10.1. The smallest absolute Gasteiger partial charge is 0.422 e. The van der Waals surface area contributed by atoms with Crippen LogP contribution in [-0.2, 0) is 6.42 Å². The molecule has 0 bridgehead atoms. The van der Waals surface area contributed by atoms with Crippen molar-refractivity contribution in [3.8, 4) is 5.75 Å². The lowest BCUT2D eigenvalue weighted by Crippen LogP contribution is -2.19. The molecule has 0 amide bonds. The Bertz CT molecular complexity index is 336. The molecule has 1 aromatic rings. The van der Waals surface area contributed by atoms with E-state index in [1.165, 1.54) is 12.1 Å². The zero-order chi connectivity index (χ0) is 11.5. The van der Waals surface area contributed by atoms with Crippen LogP contribution in [0.2, 0.25) is 0 Å². The quantitative estimate of drug-likeness (QED) is 0.793. The Labute approximate surface area is 85.8 Å². The van der Waals surface area contributed by atoms with Crippen LogP contribution in [0.5, 0.6) is 5.75 Å². The first-order valence-electron chi connectivity index (χ1n) is 4.50. The molecular weight excluding hydrogens is 207 g/mol. The van der Waals surface area contributed by atoms with Gasteiger partial charge in [-0.25, -0.2) is 0 Å². The van der Waals surface area contributed by atoms with Crippen molar-refractivity contribution < 1.29 is 17.9 Å². The summed E-state index contributed by atoms with van der Waals surface area (Å²) in [4.78, 5) is 0. The van der Waals surface area contributed by atoms with Gasteiger partial charge in [0.15, 0.2) is 6.61 Å². The highest BCUT2D eigenvalue weighted by molar-refractivity contribution is 5.51. The van der Waals surface area contributed by atoms with Gasteiger partial charge in [-0.3, -0.25) is 0 Å². The molecule has 0 saturated heterocycles. The number of alkyl halides is 3. The average Bonchev–Trinajstić information content (AvgIpc) is 2.14. The lowest BCUT2D eigenvalue weighted by Gasteiger charge is -2.10. The van der Waals surface area contributed by atoms with E-state index < -0.39 is 12.8 Å². The van der Waals surface area contributed by atoms with Crippen molar-refractivity contribution in [2.45, 2.75) is 19.5 Å². The maximum absolute atomic E-state index is 11.8. The van der Waals surface area contributed by atoms with Crippen LogP contribution in [-0.4, -0.2) is 12.8 Å². The number of hydrogen-bond donors (Lipinski definition) is 1. The van der Waals surface area contributed by atoms with Gasteiger partial charge in [0.05, 0.1) is 0 Å². The summed E-state index contributed by atoms with van der Waals surface area (Å²) >= 11 is 0. The zero-order valence-corrected chi connectivity index (χ0v) is 8.27. The molecule has 15 heavy (non-hydrogen) atoms. The first-order chi connectivity index (χ1) is 6.92. The van der Waals surface area contributed by atoms with Crippen LogP contribution in [0, 0.1) is 0 Å². The van der Waals surface area contributed by atoms with Crippen LogP contribution < -0.4 is 10.5 Å².